The lowest BCUT2D eigenvalue weighted by Gasteiger charge is -2.11. The van der Waals surface area contributed by atoms with Gasteiger partial charge in [-0.3, -0.25) is 0 Å². The summed E-state index contributed by atoms with van der Waals surface area (Å²) in [6.45, 7) is 2.31. The zero-order valence-electron chi connectivity index (χ0n) is 10.8. The van der Waals surface area contributed by atoms with Gasteiger partial charge in [-0.05, 0) is 24.1 Å². The maximum Gasteiger partial charge on any atom is 0.377 e. The third-order valence-corrected chi connectivity index (χ3v) is 3.08. The highest BCUT2D eigenvalue weighted by atomic mass is 19.3. The van der Waals surface area contributed by atoms with Crippen molar-refractivity contribution in [1.82, 2.24) is 0 Å². The van der Waals surface area contributed by atoms with Gasteiger partial charge in [0.25, 0.3) is 0 Å². The zero-order chi connectivity index (χ0) is 13.9. The van der Waals surface area contributed by atoms with Gasteiger partial charge in [-0.2, -0.15) is 8.78 Å². The number of benzene rings is 1. The van der Waals surface area contributed by atoms with Crippen LogP contribution in [-0.4, -0.2) is 24.5 Å². The van der Waals surface area contributed by atoms with E-state index in [1.54, 1.807) is 0 Å². The highest BCUT2D eigenvalue weighted by Crippen LogP contribution is 2.30. The van der Waals surface area contributed by atoms with Crippen molar-refractivity contribution in [2.24, 2.45) is 0 Å². The van der Waals surface area contributed by atoms with Gasteiger partial charge in [0.1, 0.15) is 6.10 Å². The van der Waals surface area contributed by atoms with Crippen LogP contribution >= 0.6 is 0 Å². The van der Waals surface area contributed by atoms with E-state index in [1.807, 2.05) is 24.3 Å². The fourth-order valence-corrected chi connectivity index (χ4v) is 2.07. The van der Waals surface area contributed by atoms with Crippen LogP contribution in [0.5, 0.6) is 0 Å². The largest absolute Gasteiger partial charge is 0.456 e. The second-order valence-electron chi connectivity index (χ2n) is 4.76. The van der Waals surface area contributed by atoms with Crippen LogP contribution in [0.2, 0.25) is 0 Å². The maximum atomic E-state index is 12.9. The molecule has 0 radical (unpaired) electrons. The average molecular weight is 269 g/mol. The molecule has 0 amide bonds. The molecule has 1 atom stereocenters. The van der Waals surface area contributed by atoms with E-state index in [4.69, 9.17) is 0 Å². The van der Waals surface area contributed by atoms with Crippen molar-refractivity contribution in [2.75, 3.05) is 11.9 Å². The molecule has 1 aliphatic heterocycles. The first-order valence-corrected chi connectivity index (χ1v) is 6.43. The number of rotatable bonds is 5. The molecular weight excluding hydrogens is 252 g/mol. The van der Waals surface area contributed by atoms with Gasteiger partial charge in [-0.15, -0.1) is 0 Å². The standard InChI is InChI=1S/C14H17F2NO2/c1-2-3-10-4-6-11(7-5-10)17-9-12-8-14(15,16)13(18)19-12/h4-7,12,17H,2-3,8-9H2,1H3. The molecule has 0 aromatic heterocycles. The summed E-state index contributed by atoms with van der Waals surface area (Å²) in [4.78, 5) is 10.8. The number of halogens is 2. The van der Waals surface area contributed by atoms with E-state index >= 15 is 0 Å². The van der Waals surface area contributed by atoms with E-state index in [0.29, 0.717) is 0 Å². The van der Waals surface area contributed by atoms with Crippen LogP contribution < -0.4 is 5.32 Å². The third kappa shape index (κ3) is 3.43. The summed E-state index contributed by atoms with van der Waals surface area (Å²) in [6.07, 6.45) is 0.789. The van der Waals surface area contributed by atoms with E-state index in [1.165, 1.54) is 5.56 Å². The SMILES string of the molecule is CCCc1ccc(NCC2CC(F)(F)C(=O)O2)cc1. The molecule has 1 N–H and O–H groups in total. The smallest absolute Gasteiger partial charge is 0.377 e. The summed E-state index contributed by atoms with van der Waals surface area (Å²) in [5.74, 6) is -4.75. The van der Waals surface area contributed by atoms with E-state index in [2.05, 4.69) is 17.0 Å². The summed E-state index contributed by atoms with van der Waals surface area (Å²) < 4.78 is 30.5. The Kier molecular flexibility index (Phi) is 4.02. The normalized spacial score (nSPS) is 21.2. The molecule has 1 unspecified atom stereocenters. The van der Waals surface area contributed by atoms with Crippen LogP contribution in [0.25, 0.3) is 0 Å². The van der Waals surface area contributed by atoms with Crippen molar-refractivity contribution in [3.8, 4) is 0 Å². The van der Waals surface area contributed by atoms with Gasteiger partial charge in [0.05, 0.1) is 13.0 Å². The predicted octanol–water partition coefficient (Wildman–Crippen LogP) is 3.00. The van der Waals surface area contributed by atoms with Gasteiger partial charge in [-0.1, -0.05) is 25.5 Å². The van der Waals surface area contributed by atoms with Crippen LogP contribution in [-0.2, 0) is 16.0 Å². The Labute approximate surface area is 111 Å². The van der Waals surface area contributed by atoms with E-state index < -0.39 is 24.4 Å². The Balaban J connectivity index is 1.84. The molecule has 19 heavy (non-hydrogen) atoms. The summed E-state index contributed by atoms with van der Waals surface area (Å²) in [5, 5.41) is 3.00. The van der Waals surface area contributed by atoms with Crippen LogP contribution in [0.1, 0.15) is 25.3 Å². The molecule has 0 spiro atoms. The molecule has 2 rings (SSSR count). The summed E-state index contributed by atoms with van der Waals surface area (Å²) in [6, 6.07) is 7.81. The number of alkyl halides is 2. The minimum Gasteiger partial charge on any atom is -0.456 e. The van der Waals surface area contributed by atoms with Gasteiger partial charge < -0.3 is 10.1 Å². The first-order chi connectivity index (χ1) is 9.01. The number of hydrogen-bond donors (Lipinski definition) is 1. The number of aryl methyl sites for hydroxylation is 1. The molecule has 1 aromatic rings. The molecule has 0 saturated carbocycles. The summed E-state index contributed by atoms with van der Waals surface area (Å²) in [5.41, 5.74) is 2.08. The van der Waals surface area contributed by atoms with Crippen molar-refractivity contribution >= 4 is 11.7 Å². The van der Waals surface area contributed by atoms with Crippen molar-refractivity contribution in [1.29, 1.82) is 0 Å². The summed E-state index contributed by atoms with van der Waals surface area (Å²) in [7, 11) is 0. The van der Waals surface area contributed by atoms with E-state index in [0.717, 1.165) is 18.5 Å². The van der Waals surface area contributed by atoms with E-state index in [-0.39, 0.29) is 6.54 Å². The number of nitrogens with one attached hydrogen (secondary N) is 1. The van der Waals surface area contributed by atoms with Crippen LogP contribution in [0.4, 0.5) is 14.5 Å². The Morgan fingerprint density at radius 2 is 2.05 bits per heavy atom. The molecule has 104 valence electrons. The van der Waals surface area contributed by atoms with Crippen molar-refractivity contribution in [3.63, 3.8) is 0 Å². The molecule has 0 bridgehead atoms. The molecule has 1 heterocycles. The molecule has 1 saturated heterocycles. The van der Waals surface area contributed by atoms with Crippen molar-refractivity contribution < 1.29 is 18.3 Å². The van der Waals surface area contributed by atoms with Crippen LogP contribution in [0.15, 0.2) is 24.3 Å². The monoisotopic (exact) mass is 269 g/mol. The molecule has 1 aliphatic rings. The van der Waals surface area contributed by atoms with Crippen LogP contribution in [0, 0.1) is 0 Å². The lowest BCUT2D eigenvalue weighted by atomic mass is 10.1. The Morgan fingerprint density at radius 3 is 2.58 bits per heavy atom. The minimum absolute atomic E-state index is 0.203. The minimum atomic E-state index is -3.34. The molecule has 3 nitrogen and oxygen atoms in total. The predicted molar refractivity (Wildman–Crippen MR) is 68.4 cm³/mol. The van der Waals surface area contributed by atoms with Crippen LogP contribution in [0.3, 0.4) is 0 Å². The second-order valence-corrected chi connectivity index (χ2v) is 4.76. The lowest BCUT2D eigenvalue weighted by Crippen LogP contribution is -2.22. The van der Waals surface area contributed by atoms with Crippen molar-refractivity contribution in [3.05, 3.63) is 29.8 Å². The fourth-order valence-electron chi connectivity index (χ4n) is 2.07. The number of carbonyl (C=O) groups excluding carboxylic acids is 1. The average Bonchev–Trinajstić information content (AvgIpc) is 2.63. The fraction of sp³-hybridized carbons (Fsp3) is 0.500. The first kappa shape index (κ1) is 13.8. The van der Waals surface area contributed by atoms with Gasteiger partial charge >= 0.3 is 11.9 Å². The first-order valence-electron chi connectivity index (χ1n) is 6.43. The lowest BCUT2D eigenvalue weighted by molar-refractivity contribution is -0.158. The Morgan fingerprint density at radius 1 is 1.37 bits per heavy atom. The number of hydrogen-bond acceptors (Lipinski definition) is 3. The zero-order valence-corrected chi connectivity index (χ0v) is 10.8. The van der Waals surface area contributed by atoms with Gasteiger partial charge in [0.15, 0.2) is 0 Å². The Hall–Kier alpha value is -1.65. The number of cyclic esters (lactones) is 1. The van der Waals surface area contributed by atoms with Gasteiger partial charge in [0.2, 0.25) is 0 Å². The number of anilines is 1. The molecular formula is C14H17F2NO2. The van der Waals surface area contributed by atoms with Gasteiger partial charge in [-0.25, -0.2) is 4.79 Å². The highest BCUT2D eigenvalue weighted by molar-refractivity contribution is 5.79. The maximum absolute atomic E-state index is 12.9. The van der Waals surface area contributed by atoms with Crippen molar-refractivity contribution in [2.45, 2.75) is 38.2 Å². The van der Waals surface area contributed by atoms with E-state index in [9.17, 15) is 13.6 Å². The van der Waals surface area contributed by atoms with Gasteiger partial charge in [0, 0.05) is 5.69 Å². The number of carbonyl (C=O) groups is 1. The highest BCUT2D eigenvalue weighted by Gasteiger charge is 2.50. The molecule has 1 aromatic carbocycles. The molecule has 5 heteroatoms. The quantitative estimate of drug-likeness (QED) is 0.835. The number of ether oxygens (including phenoxy) is 1. The molecule has 1 fully saturated rings. The second kappa shape index (κ2) is 5.55. The Bertz CT molecular complexity index is 445. The number of esters is 1. The topological polar surface area (TPSA) is 38.3 Å². The summed E-state index contributed by atoms with van der Waals surface area (Å²) >= 11 is 0. The molecule has 0 aliphatic carbocycles. The third-order valence-electron chi connectivity index (χ3n) is 3.08.